The van der Waals surface area contributed by atoms with Crippen LogP contribution in [0.2, 0.25) is 0 Å². The van der Waals surface area contributed by atoms with E-state index in [0.717, 1.165) is 16.5 Å². The summed E-state index contributed by atoms with van der Waals surface area (Å²) in [6.45, 7) is 8.40. The number of carbonyl (C=O) groups is 1. The zero-order valence-corrected chi connectivity index (χ0v) is 14.7. The highest BCUT2D eigenvalue weighted by Gasteiger charge is 2.19. The topological polar surface area (TPSA) is 64.3 Å². The molecule has 0 saturated carbocycles. The maximum atomic E-state index is 12.2. The monoisotopic (exact) mass is 356 g/mol. The first-order chi connectivity index (χ1) is 9.83. The van der Waals surface area contributed by atoms with Crippen molar-refractivity contribution in [1.29, 1.82) is 0 Å². The van der Waals surface area contributed by atoms with E-state index in [1.54, 1.807) is 6.92 Å². The van der Waals surface area contributed by atoms with Crippen LogP contribution in [-0.2, 0) is 4.79 Å². The van der Waals surface area contributed by atoms with Crippen molar-refractivity contribution < 1.29 is 9.53 Å². The number of nitrogens with one attached hydrogen (secondary N) is 1. The Hall–Kier alpha value is -1.07. The van der Waals surface area contributed by atoms with Crippen molar-refractivity contribution in [2.75, 3.05) is 6.54 Å². The Kier molecular flexibility index (Phi) is 7.18. The molecular formula is C16H25BrN2O2. The van der Waals surface area contributed by atoms with Gasteiger partial charge < -0.3 is 15.8 Å². The first-order valence-corrected chi connectivity index (χ1v) is 8.06. The highest BCUT2D eigenvalue weighted by molar-refractivity contribution is 9.10. The summed E-state index contributed by atoms with van der Waals surface area (Å²) < 4.78 is 6.56. The lowest BCUT2D eigenvalue weighted by Gasteiger charge is -2.22. The van der Waals surface area contributed by atoms with E-state index in [9.17, 15) is 4.79 Å². The number of aryl methyl sites for hydroxylation is 1. The van der Waals surface area contributed by atoms with Gasteiger partial charge in [0, 0.05) is 12.6 Å². The second-order valence-electron chi connectivity index (χ2n) is 5.76. The fraction of sp³-hybridized carbons (Fsp3) is 0.562. The summed E-state index contributed by atoms with van der Waals surface area (Å²) in [6, 6.07) is 5.76. The standard InChI is InChI=1S/C16H25BrN2O2/c1-10(2)7-13(9-18)19-16(20)12(4)21-15-6-5-11(3)8-14(15)17/h5-6,8,10,12-13H,7,9,18H2,1-4H3,(H,19,20). The van der Waals surface area contributed by atoms with Gasteiger partial charge in [0.05, 0.1) is 4.47 Å². The predicted molar refractivity (Wildman–Crippen MR) is 89.4 cm³/mol. The van der Waals surface area contributed by atoms with E-state index in [0.29, 0.717) is 18.2 Å². The average Bonchev–Trinajstić information content (AvgIpc) is 2.40. The molecule has 0 spiro atoms. The number of carbonyl (C=O) groups excluding carboxylic acids is 1. The minimum absolute atomic E-state index is 0.00925. The van der Waals surface area contributed by atoms with Gasteiger partial charge in [0.2, 0.25) is 0 Å². The molecule has 2 atom stereocenters. The van der Waals surface area contributed by atoms with Gasteiger partial charge in [0.1, 0.15) is 5.75 Å². The summed E-state index contributed by atoms with van der Waals surface area (Å²) in [7, 11) is 0. The molecule has 1 amide bonds. The van der Waals surface area contributed by atoms with Crippen LogP contribution in [0.5, 0.6) is 5.75 Å². The number of amides is 1. The molecule has 0 saturated heterocycles. The van der Waals surface area contributed by atoms with Crippen molar-refractivity contribution in [3.63, 3.8) is 0 Å². The summed E-state index contributed by atoms with van der Waals surface area (Å²) in [5, 5.41) is 2.94. The lowest BCUT2D eigenvalue weighted by Crippen LogP contribution is -2.46. The predicted octanol–water partition coefficient (Wildman–Crippen LogP) is 3.01. The fourth-order valence-corrected chi connectivity index (χ4v) is 2.63. The summed E-state index contributed by atoms with van der Waals surface area (Å²) in [4.78, 5) is 12.2. The molecule has 0 aliphatic heterocycles. The van der Waals surface area contributed by atoms with Crippen molar-refractivity contribution in [3.8, 4) is 5.75 Å². The molecule has 0 radical (unpaired) electrons. The first-order valence-electron chi connectivity index (χ1n) is 7.26. The minimum Gasteiger partial charge on any atom is -0.480 e. The second kappa shape index (κ2) is 8.39. The SMILES string of the molecule is Cc1ccc(OC(C)C(=O)NC(CN)CC(C)C)c(Br)c1. The largest absolute Gasteiger partial charge is 0.480 e. The third-order valence-corrected chi connectivity index (χ3v) is 3.77. The van der Waals surface area contributed by atoms with Gasteiger partial charge >= 0.3 is 0 Å². The molecule has 0 aliphatic carbocycles. The van der Waals surface area contributed by atoms with E-state index in [-0.39, 0.29) is 11.9 Å². The van der Waals surface area contributed by atoms with Gasteiger partial charge in [-0.05, 0) is 59.8 Å². The summed E-state index contributed by atoms with van der Waals surface area (Å²) in [6.07, 6.45) is 0.300. The Morgan fingerprint density at radius 3 is 2.57 bits per heavy atom. The van der Waals surface area contributed by atoms with Crippen LogP contribution in [0, 0.1) is 12.8 Å². The van der Waals surface area contributed by atoms with E-state index < -0.39 is 6.10 Å². The molecule has 1 aromatic carbocycles. The van der Waals surface area contributed by atoms with Crippen LogP contribution in [0.4, 0.5) is 0 Å². The molecular weight excluding hydrogens is 332 g/mol. The number of hydrogen-bond donors (Lipinski definition) is 2. The smallest absolute Gasteiger partial charge is 0.261 e. The highest BCUT2D eigenvalue weighted by atomic mass is 79.9. The number of rotatable bonds is 7. The molecule has 4 nitrogen and oxygen atoms in total. The van der Waals surface area contributed by atoms with Crippen LogP contribution in [-0.4, -0.2) is 24.6 Å². The van der Waals surface area contributed by atoms with E-state index in [1.165, 1.54) is 0 Å². The van der Waals surface area contributed by atoms with E-state index in [2.05, 4.69) is 35.1 Å². The Morgan fingerprint density at radius 2 is 2.05 bits per heavy atom. The van der Waals surface area contributed by atoms with Gasteiger partial charge in [-0.25, -0.2) is 0 Å². The Balaban J connectivity index is 2.61. The number of nitrogens with two attached hydrogens (primary N) is 1. The lowest BCUT2D eigenvalue weighted by molar-refractivity contribution is -0.128. The van der Waals surface area contributed by atoms with Crippen LogP contribution in [0.25, 0.3) is 0 Å². The van der Waals surface area contributed by atoms with Crippen molar-refractivity contribution in [1.82, 2.24) is 5.32 Å². The molecule has 0 heterocycles. The molecule has 5 heteroatoms. The van der Waals surface area contributed by atoms with Crippen molar-refractivity contribution in [2.45, 2.75) is 46.3 Å². The van der Waals surface area contributed by atoms with Crippen molar-refractivity contribution in [3.05, 3.63) is 28.2 Å². The molecule has 21 heavy (non-hydrogen) atoms. The Bertz CT molecular complexity index is 477. The quantitative estimate of drug-likeness (QED) is 0.789. The van der Waals surface area contributed by atoms with Gasteiger partial charge in [-0.15, -0.1) is 0 Å². The summed E-state index contributed by atoms with van der Waals surface area (Å²) >= 11 is 3.45. The van der Waals surface area contributed by atoms with Gasteiger partial charge in [-0.1, -0.05) is 19.9 Å². The lowest BCUT2D eigenvalue weighted by atomic mass is 10.0. The molecule has 118 valence electrons. The molecule has 2 unspecified atom stereocenters. The number of ether oxygens (including phenoxy) is 1. The maximum Gasteiger partial charge on any atom is 0.261 e. The molecule has 0 aliphatic rings. The van der Waals surface area contributed by atoms with Gasteiger partial charge in [0.15, 0.2) is 6.10 Å². The zero-order valence-electron chi connectivity index (χ0n) is 13.2. The third kappa shape index (κ3) is 6.06. The average molecular weight is 357 g/mol. The Labute approximate surface area is 135 Å². The molecule has 1 rings (SSSR count). The molecule has 0 bridgehead atoms. The van der Waals surface area contributed by atoms with E-state index >= 15 is 0 Å². The third-order valence-electron chi connectivity index (χ3n) is 3.15. The van der Waals surface area contributed by atoms with Crippen LogP contribution < -0.4 is 15.8 Å². The molecule has 3 N–H and O–H groups in total. The Morgan fingerprint density at radius 1 is 1.38 bits per heavy atom. The second-order valence-corrected chi connectivity index (χ2v) is 6.62. The first kappa shape index (κ1) is 18.0. The normalized spacial score (nSPS) is 13.9. The molecule has 0 fully saturated rings. The van der Waals surface area contributed by atoms with Gasteiger partial charge in [-0.2, -0.15) is 0 Å². The van der Waals surface area contributed by atoms with E-state index in [4.69, 9.17) is 10.5 Å². The summed E-state index contributed by atoms with van der Waals surface area (Å²) in [5.41, 5.74) is 6.83. The van der Waals surface area contributed by atoms with Crippen LogP contribution >= 0.6 is 15.9 Å². The van der Waals surface area contributed by atoms with Crippen LogP contribution in [0.3, 0.4) is 0 Å². The number of hydrogen-bond acceptors (Lipinski definition) is 3. The van der Waals surface area contributed by atoms with Crippen LogP contribution in [0.15, 0.2) is 22.7 Å². The number of benzene rings is 1. The van der Waals surface area contributed by atoms with Crippen molar-refractivity contribution >= 4 is 21.8 Å². The fourth-order valence-electron chi connectivity index (χ4n) is 2.05. The summed E-state index contributed by atoms with van der Waals surface area (Å²) in [5.74, 6) is 1.01. The molecule has 1 aromatic rings. The highest BCUT2D eigenvalue weighted by Crippen LogP contribution is 2.26. The van der Waals surface area contributed by atoms with Gasteiger partial charge in [-0.3, -0.25) is 4.79 Å². The van der Waals surface area contributed by atoms with Gasteiger partial charge in [0.25, 0.3) is 5.91 Å². The zero-order chi connectivity index (χ0) is 16.0. The van der Waals surface area contributed by atoms with E-state index in [1.807, 2.05) is 25.1 Å². The number of halogens is 1. The maximum absolute atomic E-state index is 12.2. The van der Waals surface area contributed by atoms with Crippen LogP contribution in [0.1, 0.15) is 32.8 Å². The minimum atomic E-state index is -0.565. The molecule has 0 aromatic heterocycles. The van der Waals surface area contributed by atoms with Crippen molar-refractivity contribution in [2.24, 2.45) is 11.7 Å².